The van der Waals surface area contributed by atoms with Gasteiger partial charge in [-0.15, -0.1) is 0 Å². The second-order valence-corrected chi connectivity index (χ2v) is 29.0. The van der Waals surface area contributed by atoms with Gasteiger partial charge in [0, 0.05) is 25.7 Å². The number of aliphatic hydroxyl groups excluding tert-OH is 1. The maximum atomic E-state index is 13.0. The maximum Gasteiger partial charge on any atom is 0.472 e. The Morgan fingerprint density at radius 2 is 0.511 bits per heavy atom. The van der Waals surface area contributed by atoms with E-state index < -0.39 is 97.5 Å². The number of hydrogen-bond donors (Lipinski definition) is 3. The number of hydrogen-bond acceptors (Lipinski definition) is 15. The molecule has 0 aromatic heterocycles. The molecule has 0 aromatic carbocycles. The average molecular weight is 1330 g/mol. The Bertz CT molecular complexity index is 1740. The largest absolute Gasteiger partial charge is 0.472 e. The van der Waals surface area contributed by atoms with Gasteiger partial charge in [-0.2, -0.15) is 0 Å². The zero-order valence-corrected chi connectivity index (χ0v) is 60.1. The Hall–Kier alpha value is -1.94. The molecule has 0 heterocycles. The molecule has 90 heavy (non-hydrogen) atoms. The lowest BCUT2D eigenvalue weighted by Gasteiger charge is -2.21. The Kier molecular flexibility index (Phi) is 63.0. The van der Waals surface area contributed by atoms with Gasteiger partial charge in [0.2, 0.25) is 0 Å². The molecule has 0 aliphatic rings. The molecule has 0 aliphatic carbocycles. The van der Waals surface area contributed by atoms with E-state index in [9.17, 15) is 43.2 Å². The SMILES string of the molecule is CCCCCCCCCCCCCCCCCCCCC(=O)O[C@H](COC(=O)CCCCCCCCCCCC(C)C)COP(=O)(O)OC[C@@H](O)COP(=O)(O)OC[C@@H](COC(=O)CCCCCCCCCC)OC(=O)CCCCCCCCCCCCCC. The molecule has 19 heteroatoms. The summed E-state index contributed by atoms with van der Waals surface area (Å²) in [6.07, 6.45) is 51.4. The van der Waals surface area contributed by atoms with Gasteiger partial charge < -0.3 is 33.8 Å². The Morgan fingerprint density at radius 1 is 0.300 bits per heavy atom. The van der Waals surface area contributed by atoms with Crippen molar-refractivity contribution in [3.63, 3.8) is 0 Å². The van der Waals surface area contributed by atoms with E-state index >= 15 is 0 Å². The van der Waals surface area contributed by atoms with Crippen molar-refractivity contribution in [1.29, 1.82) is 0 Å². The third-order valence-corrected chi connectivity index (χ3v) is 18.4. The summed E-state index contributed by atoms with van der Waals surface area (Å²) in [5, 5.41) is 10.6. The van der Waals surface area contributed by atoms with Crippen LogP contribution in [0.4, 0.5) is 0 Å². The van der Waals surface area contributed by atoms with Crippen molar-refractivity contribution in [2.45, 2.75) is 387 Å². The minimum Gasteiger partial charge on any atom is -0.462 e. The highest BCUT2D eigenvalue weighted by Crippen LogP contribution is 2.45. The number of carbonyl (C=O) groups excluding carboxylic acids is 4. The van der Waals surface area contributed by atoms with Crippen LogP contribution >= 0.6 is 15.6 Å². The standard InChI is InChI=1S/C71H138O17P2/c1-6-9-12-15-18-21-23-25-26-27-28-29-30-32-36-42-47-52-57-71(76)88-67(61-82-69(74)55-50-45-40-37-33-34-38-43-48-53-64(4)5)63-86-90(79,80)84-59-65(72)58-83-89(77,78)85-62-66(60-81-68(73)54-49-44-39-20-17-14-11-8-3)87-70(75)56-51-46-41-35-31-24-22-19-16-13-10-7-2/h64-67,72H,6-63H2,1-5H3,(H,77,78)(H,79,80)/t65-,66+,67+/m0/s1. The topological polar surface area (TPSA) is 237 Å². The molecule has 0 saturated carbocycles. The predicted molar refractivity (Wildman–Crippen MR) is 363 cm³/mol. The van der Waals surface area contributed by atoms with Crippen molar-refractivity contribution in [3.8, 4) is 0 Å². The number of rotatable bonds is 71. The first-order chi connectivity index (χ1) is 43.5. The number of phosphoric ester groups is 2. The third-order valence-electron chi connectivity index (χ3n) is 16.5. The van der Waals surface area contributed by atoms with Crippen LogP contribution < -0.4 is 0 Å². The number of phosphoric acid groups is 2. The summed E-state index contributed by atoms with van der Waals surface area (Å²) in [5.41, 5.74) is 0. The van der Waals surface area contributed by atoms with Crippen LogP contribution in [0.2, 0.25) is 0 Å². The molecule has 0 fully saturated rings. The van der Waals surface area contributed by atoms with E-state index in [1.54, 1.807) is 0 Å². The van der Waals surface area contributed by atoms with Gasteiger partial charge >= 0.3 is 39.5 Å². The fourth-order valence-corrected chi connectivity index (χ4v) is 12.4. The van der Waals surface area contributed by atoms with Crippen LogP contribution in [0.1, 0.15) is 369 Å². The van der Waals surface area contributed by atoms with Crippen molar-refractivity contribution in [1.82, 2.24) is 0 Å². The minimum atomic E-state index is -4.95. The lowest BCUT2D eigenvalue weighted by atomic mass is 10.0. The third kappa shape index (κ3) is 64.8. The van der Waals surface area contributed by atoms with Gasteiger partial charge in [-0.1, -0.05) is 317 Å². The predicted octanol–water partition coefficient (Wildman–Crippen LogP) is 20.5. The van der Waals surface area contributed by atoms with Gasteiger partial charge in [0.05, 0.1) is 26.4 Å². The summed E-state index contributed by atoms with van der Waals surface area (Å²) in [5.74, 6) is -1.38. The molecule has 0 aromatic rings. The van der Waals surface area contributed by atoms with Gasteiger partial charge in [-0.3, -0.25) is 37.3 Å². The van der Waals surface area contributed by atoms with E-state index in [4.69, 9.17) is 37.0 Å². The van der Waals surface area contributed by atoms with Crippen LogP contribution in [0.5, 0.6) is 0 Å². The summed E-state index contributed by atoms with van der Waals surface area (Å²) in [6, 6.07) is 0. The number of unbranched alkanes of at least 4 members (excludes halogenated alkanes) is 43. The molecule has 0 aliphatic heterocycles. The molecule has 0 bridgehead atoms. The average Bonchev–Trinajstić information content (AvgIpc) is 3.73. The molecular weight excluding hydrogens is 1190 g/mol. The molecule has 534 valence electrons. The number of esters is 4. The molecule has 0 saturated heterocycles. The number of carbonyl (C=O) groups is 4. The highest BCUT2D eigenvalue weighted by Gasteiger charge is 2.30. The van der Waals surface area contributed by atoms with E-state index in [0.717, 1.165) is 102 Å². The Balaban J connectivity index is 5.20. The fourth-order valence-electron chi connectivity index (χ4n) is 10.8. The number of aliphatic hydroxyl groups is 1. The highest BCUT2D eigenvalue weighted by molar-refractivity contribution is 7.47. The molecule has 5 atom stereocenters. The summed E-state index contributed by atoms with van der Waals surface area (Å²) in [4.78, 5) is 72.5. The normalized spacial score (nSPS) is 14.1. The molecule has 0 amide bonds. The first-order valence-electron chi connectivity index (χ1n) is 37.1. The maximum absolute atomic E-state index is 13.0. The van der Waals surface area contributed by atoms with Crippen LogP contribution in [0, 0.1) is 5.92 Å². The van der Waals surface area contributed by atoms with E-state index in [2.05, 4.69) is 34.6 Å². The van der Waals surface area contributed by atoms with Crippen molar-refractivity contribution in [3.05, 3.63) is 0 Å². The molecule has 0 radical (unpaired) electrons. The van der Waals surface area contributed by atoms with Gasteiger partial charge in [0.25, 0.3) is 0 Å². The van der Waals surface area contributed by atoms with Gasteiger partial charge in [0.1, 0.15) is 19.3 Å². The van der Waals surface area contributed by atoms with E-state index in [0.29, 0.717) is 25.7 Å². The second kappa shape index (κ2) is 64.4. The lowest BCUT2D eigenvalue weighted by Crippen LogP contribution is -2.30. The molecule has 0 rings (SSSR count). The van der Waals surface area contributed by atoms with Gasteiger partial charge in [-0.05, 0) is 31.6 Å². The van der Waals surface area contributed by atoms with Crippen LogP contribution in [-0.4, -0.2) is 96.7 Å². The molecule has 3 N–H and O–H groups in total. The second-order valence-electron chi connectivity index (χ2n) is 26.1. The zero-order chi connectivity index (χ0) is 66.3. The Labute approximate surface area is 549 Å². The van der Waals surface area contributed by atoms with E-state index in [1.807, 2.05) is 0 Å². The smallest absolute Gasteiger partial charge is 0.462 e. The Morgan fingerprint density at radius 3 is 0.756 bits per heavy atom. The molecule has 2 unspecified atom stereocenters. The zero-order valence-electron chi connectivity index (χ0n) is 58.3. The molecule has 0 spiro atoms. The van der Waals surface area contributed by atoms with Gasteiger partial charge in [-0.25, -0.2) is 9.13 Å². The minimum absolute atomic E-state index is 0.107. The van der Waals surface area contributed by atoms with Crippen molar-refractivity contribution in [2.24, 2.45) is 5.92 Å². The van der Waals surface area contributed by atoms with Crippen molar-refractivity contribution >= 4 is 39.5 Å². The molecule has 17 nitrogen and oxygen atoms in total. The van der Waals surface area contributed by atoms with Crippen LogP contribution in [-0.2, 0) is 65.4 Å². The first-order valence-corrected chi connectivity index (χ1v) is 40.1. The number of ether oxygens (including phenoxy) is 4. The van der Waals surface area contributed by atoms with Crippen molar-refractivity contribution in [2.75, 3.05) is 39.6 Å². The summed E-state index contributed by atoms with van der Waals surface area (Å²) >= 11 is 0. The summed E-state index contributed by atoms with van der Waals surface area (Å²) < 4.78 is 68.3. The monoisotopic (exact) mass is 1320 g/mol. The summed E-state index contributed by atoms with van der Waals surface area (Å²) in [6.45, 7) is 7.21. The summed E-state index contributed by atoms with van der Waals surface area (Å²) in [7, 11) is -9.90. The van der Waals surface area contributed by atoms with E-state index in [-0.39, 0.29) is 25.7 Å². The molecular formula is C71H138O17P2. The highest BCUT2D eigenvalue weighted by atomic mass is 31.2. The quantitative estimate of drug-likeness (QED) is 0.0222. The van der Waals surface area contributed by atoms with Gasteiger partial charge in [0.15, 0.2) is 12.2 Å². The lowest BCUT2D eigenvalue weighted by molar-refractivity contribution is -0.161. The fraction of sp³-hybridized carbons (Fsp3) is 0.944. The van der Waals surface area contributed by atoms with Crippen LogP contribution in [0.25, 0.3) is 0 Å². The van der Waals surface area contributed by atoms with Crippen molar-refractivity contribution < 1.29 is 80.2 Å². The van der Waals surface area contributed by atoms with Crippen LogP contribution in [0.3, 0.4) is 0 Å². The first kappa shape index (κ1) is 88.1. The van der Waals surface area contributed by atoms with Crippen LogP contribution in [0.15, 0.2) is 0 Å². The van der Waals surface area contributed by atoms with E-state index in [1.165, 1.54) is 186 Å².